The topological polar surface area (TPSA) is 20.3 Å². The second-order valence-corrected chi connectivity index (χ2v) is 6.60. The third-order valence-electron chi connectivity index (χ3n) is 3.86. The van der Waals surface area contributed by atoms with Crippen molar-refractivity contribution in [3.8, 4) is 0 Å². The lowest BCUT2D eigenvalue weighted by molar-refractivity contribution is 0.104. The molecule has 0 radical (unpaired) electrons. The molecule has 1 saturated heterocycles. The average Bonchev–Trinajstić information content (AvgIpc) is 2.45. The highest BCUT2D eigenvalue weighted by Gasteiger charge is 2.13. The van der Waals surface area contributed by atoms with Crippen LogP contribution in [0.1, 0.15) is 56.0 Å². The lowest BCUT2D eigenvalue weighted by Crippen LogP contribution is -2.24. The monoisotopic (exact) mass is 271 g/mol. The molecule has 2 nitrogen and oxygen atoms in total. The van der Waals surface area contributed by atoms with E-state index in [2.05, 4.69) is 37.8 Å². The largest absolute Gasteiger partial charge is 0.377 e. The van der Waals surface area contributed by atoms with Crippen LogP contribution < -0.4 is 0 Å². The quantitative estimate of drug-likeness (QED) is 0.607. The predicted molar refractivity (Wildman–Crippen MR) is 84.0 cm³/mol. The van der Waals surface area contributed by atoms with E-state index < -0.39 is 0 Å². The molecule has 0 unspecified atom stereocenters. The Labute approximate surface area is 122 Å². The van der Waals surface area contributed by atoms with Crippen LogP contribution in [0.15, 0.2) is 36.5 Å². The van der Waals surface area contributed by atoms with Gasteiger partial charge in [0.2, 0.25) is 0 Å². The van der Waals surface area contributed by atoms with E-state index in [0.29, 0.717) is 0 Å². The van der Waals surface area contributed by atoms with Crippen LogP contribution in [0, 0.1) is 0 Å². The van der Waals surface area contributed by atoms with Crippen LogP contribution in [0.4, 0.5) is 0 Å². The molecule has 1 heterocycles. The molecule has 20 heavy (non-hydrogen) atoms. The van der Waals surface area contributed by atoms with Crippen molar-refractivity contribution in [3.63, 3.8) is 0 Å². The first-order valence-electron chi connectivity index (χ1n) is 7.54. The Balaban J connectivity index is 2.00. The standard InChI is InChI=1S/C18H25NO/c1-18(2,3)16-9-7-15(8-10-16)17(20)11-14-19-12-5-4-6-13-19/h7-11,14H,4-6,12-13H2,1-3H3/b14-11+. The normalized spacial score (nSPS) is 16.6. The number of hydrogen-bond donors (Lipinski definition) is 0. The van der Waals surface area contributed by atoms with E-state index in [9.17, 15) is 4.79 Å². The molecule has 0 atom stereocenters. The lowest BCUT2D eigenvalue weighted by atomic mass is 9.86. The summed E-state index contributed by atoms with van der Waals surface area (Å²) in [5.41, 5.74) is 2.16. The molecular weight excluding hydrogens is 246 g/mol. The molecule has 108 valence electrons. The first kappa shape index (κ1) is 14.8. The molecule has 0 aliphatic carbocycles. The molecule has 0 N–H and O–H groups in total. The second-order valence-electron chi connectivity index (χ2n) is 6.60. The van der Waals surface area contributed by atoms with Gasteiger partial charge < -0.3 is 4.90 Å². The molecule has 0 spiro atoms. The van der Waals surface area contributed by atoms with E-state index in [1.165, 1.54) is 24.8 Å². The van der Waals surface area contributed by atoms with Crippen LogP contribution in [0.3, 0.4) is 0 Å². The maximum Gasteiger partial charge on any atom is 0.187 e. The number of benzene rings is 1. The molecule has 2 heteroatoms. The maximum atomic E-state index is 12.1. The first-order chi connectivity index (χ1) is 9.47. The minimum absolute atomic E-state index is 0.0935. The van der Waals surface area contributed by atoms with E-state index in [1.807, 2.05) is 18.3 Å². The SMILES string of the molecule is CC(C)(C)c1ccc(C(=O)/C=C/N2CCCCC2)cc1. The highest BCUT2D eigenvalue weighted by molar-refractivity contribution is 6.04. The van der Waals surface area contributed by atoms with Crippen molar-refractivity contribution in [1.29, 1.82) is 0 Å². The summed E-state index contributed by atoms with van der Waals surface area (Å²) in [6.07, 6.45) is 7.45. The van der Waals surface area contributed by atoms with E-state index in [-0.39, 0.29) is 11.2 Å². The molecule has 1 aliphatic rings. The number of allylic oxidation sites excluding steroid dienone is 1. The maximum absolute atomic E-state index is 12.1. The fourth-order valence-corrected chi connectivity index (χ4v) is 2.47. The van der Waals surface area contributed by atoms with Gasteiger partial charge in [0.1, 0.15) is 0 Å². The van der Waals surface area contributed by atoms with E-state index in [1.54, 1.807) is 6.08 Å². The number of ketones is 1. The number of likely N-dealkylation sites (tertiary alicyclic amines) is 1. The van der Waals surface area contributed by atoms with Crippen molar-refractivity contribution >= 4 is 5.78 Å². The predicted octanol–water partition coefficient (Wildman–Crippen LogP) is 4.17. The number of nitrogens with zero attached hydrogens (tertiary/aromatic N) is 1. The fraction of sp³-hybridized carbons (Fsp3) is 0.500. The fourth-order valence-electron chi connectivity index (χ4n) is 2.47. The number of carbonyl (C=O) groups excluding carboxylic acids is 1. The van der Waals surface area contributed by atoms with Gasteiger partial charge in [-0.15, -0.1) is 0 Å². The lowest BCUT2D eigenvalue weighted by Gasteiger charge is -2.24. The van der Waals surface area contributed by atoms with Gasteiger partial charge in [0, 0.05) is 30.9 Å². The van der Waals surface area contributed by atoms with E-state index >= 15 is 0 Å². The van der Waals surface area contributed by atoms with Gasteiger partial charge in [-0.25, -0.2) is 0 Å². The average molecular weight is 271 g/mol. The molecular formula is C18H25NO. The Morgan fingerprint density at radius 2 is 1.65 bits per heavy atom. The van der Waals surface area contributed by atoms with Crippen LogP contribution in [-0.2, 0) is 5.41 Å². The van der Waals surface area contributed by atoms with Crippen molar-refractivity contribution in [2.45, 2.75) is 45.4 Å². The number of carbonyl (C=O) groups is 1. The number of hydrogen-bond acceptors (Lipinski definition) is 2. The van der Waals surface area contributed by atoms with Gasteiger partial charge in [-0.1, -0.05) is 45.0 Å². The Kier molecular flexibility index (Phi) is 4.64. The molecule has 1 fully saturated rings. The van der Waals surface area contributed by atoms with Crippen LogP contribution in [-0.4, -0.2) is 23.8 Å². The summed E-state index contributed by atoms with van der Waals surface area (Å²) in [7, 11) is 0. The minimum atomic E-state index is 0.0935. The Morgan fingerprint density at radius 1 is 1.05 bits per heavy atom. The van der Waals surface area contributed by atoms with Crippen molar-refractivity contribution in [2.24, 2.45) is 0 Å². The van der Waals surface area contributed by atoms with Gasteiger partial charge >= 0.3 is 0 Å². The molecule has 0 amide bonds. The van der Waals surface area contributed by atoms with Crippen molar-refractivity contribution < 1.29 is 4.79 Å². The van der Waals surface area contributed by atoms with Crippen LogP contribution >= 0.6 is 0 Å². The Hall–Kier alpha value is -1.57. The van der Waals surface area contributed by atoms with Crippen LogP contribution in [0.5, 0.6) is 0 Å². The molecule has 0 aromatic heterocycles. The smallest absolute Gasteiger partial charge is 0.187 e. The van der Waals surface area contributed by atoms with Gasteiger partial charge in [0.15, 0.2) is 5.78 Å². The summed E-state index contributed by atoms with van der Waals surface area (Å²) in [4.78, 5) is 14.4. The second kappa shape index (κ2) is 6.25. The zero-order valence-corrected chi connectivity index (χ0v) is 12.9. The highest BCUT2D eigenvalue weighted by Crippen LogP contribution is 2.22. The minimum Gasteiger partial charge on any atom is -0.377 e. The Bertz CT molecular complexity index is 473. The zero-order valence-electron chi connectivity index (χ0n) is 12.9. The first-order valence-corrected chi connectivity index (χ1v) is 7.54. The molecule has 1 aromatic rings. The summed E-state index contributed by atoms with van der Waals surface area (Å²) in [6, 6.07) is 7.98. The van der Waals surface area contributed by atoms with Crippen LogP contribution in [0.2, 0.25) is 0 Å². The summed E-state index contributed by atoms with van der Waals surface area (Å²) >= 11 is 0. The zero-order chi connectivity index (χ0) is 14.6. The third-order valence-corrected chi connectivity index (χ3v) is 3.86. The molecule has 1 aliphatic heterocycles. The summed E-state index contributed by atoms with van der Waals surface area (Å²) < 4.78 is 0. The van der Waals surface area contributed by atoms with Gasteiger partial charge in [0.05, 0.1) is 0 Å². The Morgan fingerprint density at radius 3 is 2.20 bits per heavy atom. The molecule has 1 aromatic carbocycles. The van der Waals surface area contributed by atoms with Gasteiger partial charge in [-0.05, 0) is 30.2 Å². The summed E-state index contributed by atoms with van der Waals surface area (Å²) in [5, 5.41) is 0. The highest BCUT2D eigenvalue weighted by atomic mass is 16.1. The third kappa shape index (κ3) is 3.96. The van der Waals surface area contributed by atoms with Crippen molar-refractivity contribution in [3.05, 3.63) is 47.7 Å². The molecule has 0 bridgehead atoms. The van der Waals surface area contributed by atoms with E-state index in [4.69, 9.17) is 0 Å². The van der Waals surface area contributed by atoms with Crippen LogP contribution in [0.25, 0.3) is 0 Å². The molecule has 0 saturated carbocycles. The van der Waals surface area contributed by atoms with Gasteiger partial charge in [-0.3, -0.25) is 4.79 Å². The number of piperidine rings is 1. The summed E-state index contributed by atoms with van der Waals surface area (Å²) in [6.45, 7) is 8.69. The van der Waals surface area contributed by atoms with Crippen molar-refractivity contribution in [2.75, 3.05) is 13.1 Å². The van der Waals surface area contributed by atoms with E-state index in [0.717, 1.165) is 18.7 Å². The summed E-state index contributed by atoms with van der Waals surface area (Å²) in [5.74, 6) is 0.0935. The van der Waals surface area contributed by atoms with Gasteiger partial charge in [0.25, 0.3) is 0 Å². The number of rotatable bonds is 3. The van der Waals surface area contributed by atoms with Crippen molar-refractivity contribution in [1.82, 2.24) is 4.90 Å². The molecule has 2 rings (SSSR count). The van der Waals surface area contributed by atoms with Gasteiger partial charge in [-0.2, -0.15) is 0 Å².